The zero-order chi connectivity index (χ0) is 18.8. The van der Waals surface area contributed by atoms with Crippen molar-refractivity contribution in [3.63, 3.8) is 0 Å². The fourth-order valence-electron chi connectivity index (χ4n) is 2.66. The van der Waals surface area contributed by atoms with Crippen molar-refractivity contribution < 1.29 is 13.2 Å². The van der Waals surface area contributed by atoms with Gasteiger partial charge in [-0.3, -0.25) is 9.82 Å². The summed E-state index contributed by atoms with van der Waals surface area (Å²) in [5, 5.41) is 12.6. The van der Waals surface area contributed by atoms with E-state index in [1.807, 2.05) is 27.7 Å². The first kappa shape index (κ1) is 18.8. The van der Waals surface area contributed by atoms with Crippen molar-refractivity contribution in [2.75, 3.05) is 16.3 Å². The van der Waals surface area contributed by atoms with Gasteiger partial charge in [0.25, 0.3) is 0 Å². The van der Waals surface area contributed by atoms with E-state index in [9.17, 15) is 13.2 Å². The number of benzene rings is 1. The van der Waals surface area contributed by atoms with Crippen molar-refractivity contribution in [3.8, 4) is 0 Å². The molecule has 4 N–H and O–H groups in total. The Balaban J connectivity index is 2.11. The Morgan fingerprint density at radius 2 is 1.92 bits per heavy atom. The number of hydrogen-bond acceptors (Lipinski definition) is 4. The van der Waals surface area contributed by atoms with Gasteiger partial charge in [-0.1, -0.05) is 6.07 Å². The van der Waals surface area contributed by atoms with Crippen LogP contribution in [-0.4, -0.2) is 30.9 Å². The summed E-state index contributed by atoms with van der Waals surface area (Å²) in [5.41, 5.74) is 4.41. The summed E-state index contributed by atoms with van der Waals surface area (Å²) in [5.74, 6) is 0. The predicted molar refractivity (Wildman–Crippen MR) is 98.3 cm³/mol. The third kappa shape index (κ3) is 4.96. The fourth-order valence-corrected chi connectivity index (χ4v) is 3.21. The first-order valence-electron chi connectivity index (χ1n) is 7.74. The molecule has 1 atom stereocenters. The first-order valence-corrected chi connectivity index (χ1v) is 9.63. The number of aromatic amines is 1. The Morgan fingerprint density at radius 3 is 2.48 bits per heavy atom. The third-order valence-electron chi connectivity index (χ3n) is 3.75. The van der Waals surface area contributed by atoms with Crippen LogP contribution in [0.3, 0.4) is 0 Å². The van der Waals surface area contributed by atoms with E-state index >= 15 is 0 Å². The highest BCUT2D eigenvalue weighted by Gasteiger charge is 2.17. The molecule has 1 heterocycles. The second-order valence-electron chi connectivity index (χ2n) is 6.07. The molecule has 9 heteroatoms. The van der Waals surface area contributed by atoms with Gasteiger partial charge in [0, 0.05) is 16.9 Å². The van der Waals surface area contributed by atoms with Gasteiger partial charge in [0.2, 0.25) is 10.0 Å². The van der Waals surface area contributed by atoms with Crippen LogP contribution in [0.5, 0.6) is 0 Å². The minimum atomic E-state index is -3.38. The van der Waals surface area contributed by atoms with Crippen LogP contribution in [0.4, 0.5) is 16.2 Å². The lowest BCUT2D eigenvalue weighted by molar-refractivity contribution is 0.249. The van der Waals surface area contributed by atoms with Gasteiger partial charge >= 0.3 is 6.03 Å². The maximum atomic E-state index is 12.3. The molecule has 0 radical (unpaired) electrons. The predicted octanol–water partition coefficient (Wildman–Crippen LogP) is 2.59. The summed E-state index contributed by atoms with van der Waals surface area (Å²) < 4.78 is 25.1. The molecule has 1 unspecified atom stereocenters. The molecular weight excluding hydrogens is 342 g/mol. The number of sulfonamides is 1. The molecule has 1 aromatic carbocycles. The number of nitrogens with one attached hydrogen (secondary N) is 4. The summed E-state index contributed by atoms with van der Waals surface area (Å²) in [4.78, 5) is 12.3. The molecule has 25 heavy (non-hydrogen) atoms. The van der Waals surface area contributed by atoms with Gasteiger partial charge in [0.1, 0.15) is 0 Å². The lowest BCUT2D eigenvalue weighted by Gasteiger charge is -2.17. The maximum Gasteiger partial charge on any atom is 0.319 e. The van der Waals surface area contributed by atoms with Crippen LogP contribution in [0, 0.1) is 20.8 Å². The topological polar surface area (TPSA) is 116 Å². The highest BCUT2D eigenvalue weighted by atomic mass is 32.2. The molecule has 8 nitrogen and oxygen atoms in total. The van der Waals surface area contributed by atoms with E-state index in [4.69, 9.17) is 0 Å². The molecule has 0 aliphatic heterocycles. The second-order valence-corrected chi connectivity index (χ2v) is 7.82. The van der Waals surface area contributed by atoms with Crippen LogP contribution in [-0.2, 0) is 10.0 Å². The number of rotatable bonds is 5. The van der Waals surface area contributed by atoms with Gasteiger partial charge in [-0.2, -0.15) is 5.10 Å². The van der Waals surface area contributed by atoms with Crippen molar-refractivity contribution >= 4 is 27.4 Å². The number of carbonyl (C=O) groups is 1. The standard InChI is InChI=1S/C16H23N5O3S/c1-9-6-7-13(21-25(5,23)24)8-14(9)18-16(22)17-10(2)15-11(3)19-20-12(15)4/h6-8,10,21H,1-5H3,(H,19,20)(H2,17,18,22). The van der Waals surface area contributed by atoms with Crippen molar-refractivity contribution in [1.82, 2.24) is 15.5 Å². The summed E-state index contributed by atoms with van der Waals surface area (Å²) in [6.45, 7) is 7.47. The van der Waals surface area contributed by atoms with Crippen LogP contribution >= 0.6 is 0 Å². The van der Waals surface area contributed by atoms with E-state index in [1.165, 1.54) is 0 Å². The van der Waals surface area contributed by atoms with E-state index in [-0.39, 0.29) is 12.1 Å². The SMILES string of the molecule is Cc1ccc(NS(C)(=O)=O)cc1NC(=O)NC(C)c1c(C)n[nH]c1C. The zero-order valence-corrected chi connectivity index (χ0v) is 15.7. The smallest absolute Gasteiger partial charge is 0.319 e. The average Bonchev–Trinajstić information content (AvgIpc) is 2.80. The normalized spacial score (nSPS) is 12.5. The number of H-pyrrole nitrogens is 1. The van der Waals surface area contributed by atoms with Gasteiger partial charge in [0.05, 0.1) is 23.7 Å². The largest absolute Gasteiger partial charge is 0.331 e. The number of amides is 2. The number of carbonyl (C=O) groups excluding carboxylic acids is 1. The van der Waals surface area contributed by atoms with Gasteiger partial charge < -0.3 is 10.6 Å². The van der Waals surface area contributed by atoms with Crippen molar-refractivity contribution in [1.29, 1.82) is 0 Å². The average molecular weight is 365 g/mol. The van der Waals surface area contributed by atoms with Crippen LogP contribution in [0.1, 0.15) is 35.5 Å². The van der Waals surface area contributed by atoms with Gasteiger partial charge in [0.15, 0.2) is 0 Å². The van der Waals surface area contributed by atoms with Crippen molar-refractivity contribution in [2.45, 2.75) is 33.7 Å². The summed E-state index contributed by atoms with van der Waals surface area (Å²) in [6.07, 6.45) is 1.07. The van der Waals surface area contributed by atoms with E-state index < -0.39 is 10.0 Å². The molecule has 136 valence electrons. The Hall–Kier alpha value is -2.55. The minimum Gasteiger partial charge on any atom is -0.331 e. The van der Waals surface area contributed by atoms with Gasteiger partial charge in [-0.05, 0) is 45.4 Å². The second kappa shape index (κ2) is 7.14. The summed E-state index contributed by atoms with van der Waals surface area (Å²) in [6, 6.07) is 4.34. The molecule has 1 aromatic heterocycles. The van der Waals surface area contributed by atoms with Gasteiger partial charge in [-0.15, -0.1) is 0 Å². The Bertz CT molecular complexity index is 870. The molecule has 0 saturated carbocycles. The fraction of sp³-hybridized carbons (Fsp3) is 0.375. The molecular formula is C16H23N5O3S. The van der Waals surface area contributed by atoms with E-state index in [0.717, 1.165) is 28.8 Å². The van der Waals surface area contributed by atoms with Crippen LogP contribution < -0.4 is 15.4 Å². The van der Waals surface area contributed by atoms with Crippen LogP contribution in [0.2, 0.25) is 0 Å². The Kier molecular flexibility index (Phi) is 5.36. The Morgan fingerprint density at radius 1 is 1.24 bits per heavy atom. The van der Waals surface area contributed by atoms with Crippen molar-refractivity contribution in [2.24, 2.45) is 0 Å². The molecule has 2 rings (SSSR count). The summed E-state index contributed by atoms with van der Waals surface area (Å²) in [7, 11) is -3.38. The number of nitrogens with zero attached hydrogens (tertiary/aromatic N) is 1. The highest BCUT2D eigenvalue weighted by molar-refractivity contribution is 7.92. The maximum absolute atomic E-state index is 12.3. The molecule has 0 fully saturated rings. The van der Waals surface area contributed by atoms with Crippen LogP contribution in [0.15, 0.2) is 18.2 Å². The first-order chi connectivity index (χ1) is 11.6. The van der Waals surface area contributed by atoms with Crippen LogP contribution in [0.25, 0.3) is 0 Å². The number of aryl methyl sites for hydroxylation is 3. The summed E-state index contributed by atoms with van der Waals surface area (Å²) >= 11 is 0. The lowest BCUT2D eigenvalue weighted by atomic mass is 10.1. The Labute approximate surface area is 147 Å². The number of urea groups is 1. The minimum absolute atomic E-state index is 0.226. The highest BCUT2D eigenvalue weighted by Crippen LogP contribution is 2.22. The van der Waals surface area contributed by atoms with E-state index in [1.54, 1.807) is 18.2 Å². The van der Waals surface area contributed by atoms with Crippen molar-refractivity contribution in [3.05, 3.63) is 40.7 Å². The molecule has 0 spiro atoms. The molecule has 2 aromatic rings. The lowest BCUT2D eigenvalue weighted by Crippen LogP contribution is -2.31. The zero-order valence-electron chi connectivity index (χ0n) is 14.9. The molecule has 0 aliphatic carbocycles. The van der Waals surface area contributed by atoms with E-state index in [0.29, 0.717) is 11.4 Å². The number of hydrogen-bond donors (Lipinski definition) is 4. The van der Waals surface area contributed by atoms with E-state index in [2.05, 4.69) is 25.6 Å². The van der Waals surface area contributed by atoms with Gasteiger partial charge in [-0.25, -0.2) is 13.2 Å². The molecule has 0 bridgehead atoms. The third-order valence-corrected chi connectivity index (χ3v) is 4.36. The molecule has 2 amide bonds. The number of anilines is 2. The number of aromatic nitrogens is 2. The quantitative estimate of drug-likeness (QED) is 0.651. The molecule has 0 saturated heterocycles. The molecule has 0 aliphatic rings. The monoisotopic (exact) mass is 365 g/mol.